The Hall–Kier alpha value is -2.72. The van der Waals surface area contributed by atoms with E-state index in [0.717, 1.165) is 0 Å². The van der Waals surface area contributed by atoms with Gasteiger partial charge in [0.1, 0.15) is 0 Å². The van der Waals surface area contributed by atoms with Crippen molar-refractivity contribution < 1.29 is 19.1 Å². The molecule has 2 amide bonds. The van der Waals surface area contributed by atoms with Crippen molar-refractivity contribution in [1.82, 2.24) is 29.1 Å². The molecule has 10 heteroatoms. The van der Waals surface area contributed by atoms with E-state index in [0.29, 0.717) is 37.7 Å². The smallest absolute Gasteiger partial charge is 0.290 e. The molecule has 2 aliphatic heterocycles. The molecule has 1 unspecified atom stereocenters. The maximum absolute atomic E-state index is 12.8. The summed E-state index contributed by atoms with van der Waals surface area (Å²) in [6, 6.07) is 0. The van der Waals surface area contributed by atoms with Crippen LogP contribution in [0.2, 0.25) is 0 Å². The second-order valence-corrected chi connectivity index (χ2v) is 6.83. The molecule has 4 heterocycles. The van der Waals surface area contributed by atoms with Gasteiger partial charge in [-0.2, -0.15) is 5.10 Å². The summed E-state index contributed by atoms with van der Waals surface area (Å²) >= 11 is 0. The molecule has 0 saturated carbocycles. The average Bonchev–Trinajstić information content (AvgIpc) is 3.29. The van der Waals surface area contributed by atoms with Crippen LogP contribution in [0.25, 0.3) is 0 Å². The van der Waals surface area contributed by atoms with Gasteiger partial charge in [0, 0.05) is 45.8 Å². The Labute approximate surface area is 156 Å². The van der Waals surface area contributed by atoms with Crippen LogP contribution < -0.4 is 0 Å². The van der Waals surface area contributed by atoms with E-state index in [2.05, 4.69) is 10.1 Å². The first-order chi connectivity index (χ1) is 13.0. The molecular formula is C17H22N6O4. The molecule has 0 aliphatic carbocycles. The lowest BCUT2D eigenvalue weighted by molar-refractivity contribution is -0.282. The number of ether oxygens (including phenoxy) is 2. The Morgan fingerprint density at radius 3 is 2.30 bits per heavy atom. The van der Waals surface area contributed by atoms with Gasteiger partial charge in [0.15, 0.2) is 5.82 Å². The third kappa shape index (κ3) is 3.33. The molecule has 2 aromatic rings. The second-order valence-electron chi connectivity index (χ2n) is 6.83. The number of nitrogens with zero attached hydrogens (tertiary/aromatic N) is 6. The lowest BCUT2D eigenvalue weighted by Gasteiger charge is -2.47. The number of carbonyl (C=O) groups excluding carboxylic acids is 2. The number of imidazole rings is 1. The number of hydrogen-bond acceptors (Lipinski definition) is 6. The zero-order valence-corrected chi connectivity index (χ0v) is 15.4. The van der Waals surface area contributed by atoms with Crippen molar-refractivity contribution >= 4 is 11.8 Å². The van der Waals surface area contributed by atoms with Gasteiger partial charge in [-0.25, -0.2) is 4.98 Å². The summed E-state index contributed by atoms with van der Waals surface area (Å²) in [4.78, 5) is 33.0. The largest absolute Gasteiger partial charge is 0.345 e. The van der Waals surface area contributed by atoms with Gasteiger partial charge in [0.2, 0.25) is 5.79 Å². The van der Waals surface area contributed by atoms with Crippen molar-refractivity contribution in [2.45, 2.75) is 5.79 Å². The topological polar surface area (TPSA) is 94.7 Å². The van der Waals surface area contributed by atoms with Crippen LogP contribution in [0.1, 0.15) is 21.0 Å². The maximum atomic E-state index is 12.8. The molecule has 0 bridgehead atoms. The Morgan fingerprint density at radius 1 is 1.07 bits per heavy atom. The highest BCUT2D eigenvalue weighted by Crippen LogP contribution is 2.26. The maximum Gasteiger partial charge on any atom is 0.290 e. The second kappa shape index (κ2) is 6.78. The van der Waals surface area contributed by atoms with E-state index in [9.17, 15) is 9.59 Å². The molecule has 1 spiro atoms. The number of amides is 2. The lowest BCUT2D eigenvalue weighted by atomic mass is 10.1. The predicted octanol–water partition coefficient (Wildman–Crippen LogP) is -0.505. The minimum absolute atomic E-state index is 0.123. The molecule has 0 aromatic carbocycles. The van der Waals surface area contributed by atoms with E-state index in [1.54, 1.807) is 57.9 Å². The molecule has 0 N–H and O–H groups in total. The highest BCUT2D eigenvalue weighted by Gasteiger charge is 2.45. The van der Waals surface area contributed by atoms with Gasteiger partial charge < -0.3 is 23.8 Å². The fraction of sp³-hybridized carbons (Fsp3) is 0.529. The van der Waals surface area contributed by atoms with Gasteiger partial charge in [-0.05, 0) is 0 Å². The molecule has 0 radical (unpaired) electrons. The average molecular weight is 374 g/mol. The number of hydrogen-bond donors (Lipinski definition) is 0. The van der Waals surface area contributed by atoms with Crippen molar-refractivity contribution in [1.29, 1.82) is 0 Å². The molecule has 2 fully saturated rings. The van der Waals surface area contributed by atoms with Crippen LogP contribution in [0.5, 0.6) is 0 Å². The molecule has 2 saturated heterocycles. The van der Waals surface area contributed by atoms with E-state index in [1.807, 2.05) is 0 Å². The summed E-state index contributed by atoms with van der Waals surface area (Å²) in [5, 5.41) is 4.05. The van der Waals surface area contributed by atoms with Gasteiger partial charge in [-0.3, -0.25) is 14.3 Å². The summed E-state index contributed by atoms with van der Waals surface area (Å²) in [5.74, 6) is -0.951. The Balaban J connectivity index is 1.49. The Morgan fingerprint density at radius 2 is 1.74 bits per heavy atom. The van der Waals surface area contributed by atoms with Gasteiger partial charge >= 0.3 is 0 Å². The van der Waals surface area contributed by atoms with Gasteiger partial charge in [-0.1, -0.05) is 0 Å². The first-order valence-electron chi connectivity index (χ1n) is 8.80. The third-order valence-electron chi connectivity index (χ3n) is 4.85. The van der Waals surface area contributed by atoms with E-state index in [-0.39, 0.29) is 24.9 Å². The summed E-state index contributed by atoms with van der Waals surface area (Å²) in [6.45, 7) is 2.10. The number of morpholine rings is 2. The van der Waals surface area contributed by atoms with E-state index >= 15 is 0 Å². The number of aryl methyl sites for hydroxylation is 2. The number of carbonyl (C=O) groups is 2. The minimum Gasteiger partial charge on any atom is -0.345 e. The van der Waals surface area contributed by atoms with Crippen LogP contribution in [0, 0.1) is 0 Å². The zero-order valence-electron chi connectivity index (χ0n) is 15.4. The van der Waals surface area contributed by atoms with Crippen LogP contribution in [0.15, 0.2) is 24.8 Å². The van der Waals surface area contributed by atoms with E-state index < -0.39 is 5.79 Å². The predicted molar refractivity (Wildman–Crippen MR) is 92.9 cm³/mol. The molecule has 4 rings (SSSR count). The first kappa shape index (κ1) is 17.7. The summed E-state index contributed by atoms with van der Waals surface area (Å²) in [6.07, 6.45) is 6.55. The highest BCUT2D eigenvalue weighted by molar-refractivity contribution is 5.94. The molecule has 2 aromatic heterocycles. The van der Waals surface area contributed by atoms with Crippen molar-refractivity contribution in [3.63, 3.8) is 0 Å². The van der Waals surface area contributed by atoms with Crippen molar-refractivity contribution in [2.24, 2.45) is 14.1 Å². The Kier molecular flexibility index (Phi) is 4.44. The summed E-state index contributed by atoms with van der Waals surface area (Å²) in [7, 11) is 3.55. The van der Waals surface area contributed by atoms with Crippen LogP contribution in [0.3, 0.4) is 0 Å². The number of aromatic nitrogens is 4. The highest BCUT2D eigenvalue weighted by atomic mass is 16.7. The number of rotatable bonds is 2. The summed E-state index contributed by atoms with van der Waals surface area (Å²) in [5.41, 5.74) is 0.520. The molecule has 2 aliphatic rings. The summed E-state index contributed by atoms with van der Waals surface area (Å²) < 4.78 is 15.1. The molecule has 27 heavy (non-hydrogen) atoms. The van der Waals surface area contributed by atoms with E-state index in [4.69, 9.17) is 9.47 Å². The van der Waals surface area contributed by atoms with Gasteiger partial charge in [0.25, 0.3) is 11.8 Å². The van der Waals surface area contributed by atoms with E-state index in [1.165, 1.54) is 0 Å². The minimum atomic E-state index is -1.02. The molecule has 144 valence electrons. The molecule has 10 nitrogen and oxygen atoms in total. The first-order valence-corrected chi connectivity index (χ1v) is 8.80. The van der Waals surface area contributed by atoms with Crippen molar-refractivity contribution in [3.05, 3.63) is 36.2 Å². The fourth-order valence-corrected chi connectivity index (χ4v) is 3.47. The fourth-order valence-electron chi connectivity index (χ4n) is 3.47. The van der Waals surface area contributed by atoms with Gasteiger partial charge in [-0.15, -0.1) is 0 Å². The standard InChI is InChI=1S/C17H22N6O4/c1-20-4-3-18-14(20)16(25)23-6-8-27-17(12-23)11-22(5-7-26-17)15(24)13-9-19-21(2)10-13/h3-4,9-10H,5-8,11-12H2,1-2H3. The van der Waals surface area contributed by atoms with Crippen LogP contribution in [-0.2, 0) is 23.6 Å². The Bertz CT molecular complexity index is 857. The van der Waals surface area contributed by atoms with Gasteiger partial charge in [0.05, 0.1) is 38.1 Å². The van der Waals surface area contributed by atoms with Crippen LogP contribution in [0.4, 0.5) is 0 Å². The van der Waals surface area contributed by atoms with Crippen LogP contribution in [-0.4, -0.2) is 86.1 Å². The zero-order chi connectivity index (χ0) is 19.0. The van der Waals surface area contributed by atoms with Crippen LogP contribution >= 0.6 is 0 Å². The van der Waals surface area contributed by atoms with Crippen molar-refractivity contribution in [2.75, 3.05) is 39.4 Å². The lowest BCUT2D eigenvalue weighted by Crippen LogP contribution is -2.63. The van der Waals surface area contributed by atoms with Crippen molar-refractivity contribution in [3.8, 4) is 0 Å². The SMILES string of the molecule is Cn1cc(C(=O)N2CCOC3(C2)CN(C(=O)c2nccn2C)CCO3)cn1. The monoisotopic (exact) mass is 374 g/mol. The normalized spacial score (nSPS) is 23.0. The molecule has 1 atom stereocenters. The third-order valence-corrected chi connectivity index (χ3v) is 4.85. The quantitative estimate of drug-likeness (QED) is 0.703. The molecular weight excluding hydrogens is 352 g/mol.